The highest BCUT2D eigenvalue weighted by Crippen LogP contribution is 2.46. The standard InChI is InChI=1S/C25H30N4O3/c1-3-4-20(14-30)29-25(31)18-7-8-23(28-12-18)32-15-19-11-26-13-22(19)21-9-10-27-16(2)24(21)17-5-6-17/h7-13,17,20,26,30H,3-6,14-15H2,1-2H3,(H,29,31)/t20-/m0/s1. The number of nitrogens with zero attached hydrogens (tertiary/aromatic N) is 2. The van der Waals surface area contributed by atoms with E-state index < -0.39 is 0 Å². The molecule has 3 aromatic heterocycles. The minimum atomic E-state index is -0.245. The second kappa shape index (κ2) is 9.96. The van der Waals surface area contributed by atoms with Crippen LogP contribution in [0.25, 0.3) is 11.1 Å². The van der Waals surface area contributed by atoms with Gasteiger partial charge in [0.15, 0.2) is 0 Å². The molecule has 3 heterocycles. The third-order valence-electron chi connectivity index (χ3n) is 5.86. The highest BCUT2D eigenvalue weighted by atomic mass is 16.5. The molecule has 0 radical (unpaired) electrons. The molecule has 7 heteroatoms. The number of rotatable bonds is 10. The zero-order valence-corrected chi connectivity index (χ0v) is 18.6. The maximum Gasteiger partial charge on any atom is 0.253 e. The van der Waals surface area contributed by atoms with Crippen LogP contribution in [0, 0.1) is 6.92 Å². The lowest BCUT2D eigenvalue weighted by Gasteiger charge is -2.15. The summed E-state index contributed by atoms with van der Waals surface area (Å²) in [6, 6.07) is 5.22. The van der Waals surface area contributed by atoms with Crippen molar-refractivity contribution >= 4 is 5.91 Å². The van der Waals surface area contributed by atoms with Crippen LogP contribution in [0.3, 0.4) is 0 Å². The molecule has 0 bridgehead atoms. The van der Waals surface area contributed by atoms with Gasteiger partial charge < -0.3 is 20.1 Å². The third-order valence-corrected chi connectivity index (χ3v) is 5.86. The number of H-pyrrole nitrogens is 1. The Labute approximate surface area is 188 Å². The lowest BCUT2D eigenvalue weighted by atomic mass is 9.96. The molecule has 1 atom stereocenters. The zero-order chi connectivity index (χ0) is 22.5. The fourth-order valence-electron chi connectivity index (χ4n) is 4.04. The van der Waals surface area contributed by atoms with E-state index in [9.17, 15) is 9.90 Å². The maximum absolute atomic E-state index is 12.4. The van der Waals surface area contributed by atoms with Crippen molar-refractivity contribution < 1.29 is 14.6 Å². The minimum absolute atomic E-state index is 0.0767. The van der Waals surface area contributed by atoms with Gasteiger partial charge in [0, 0.05) is 47.7 Å². The second-order valence-corrected chi connectivity index (χ2v) is 8.34. The van der Waals surface area contributed by atoms with Crippen molar-refractivity contribution in [1.29, 1.82) is 0 Å². The van der Waals surface area contributed by atoms with Crippen molar-refractivity contribution in [2.24, 2.45) is 0 Å². The molecule has 0 unspecified atom stereocenters. The number of ether oxygens (including phenoxy) is 1. The highest BCUT2D eigenvalue weighted by Gasteiger charge is 2.29. The van der Waals surface area contributed by atoms with E-state index >= 15 is 0 Å². The number of carbonyl (C=O) groups is 1. The molecule has 0 aliphatic heterocycles. The molecule has 7 nitrogen and oxygen atoms in total. The number of pyridine rings is 2. The molecular formula is C25H30N4O3. The molecule has 0 aromatic carbocycles. The summed E-state index contributed by atoms with van der Waals surface area (Å²) in [5, 5.41) is 12.2. The first-order chi connectivity index (χ1) is 15.6. The van der Waals surface area contributed by atoms with Crippen molar-refractivity contribution in [1.82, 2.24) is 20.3 Å². The van der Waals surface area contributed by atoms with E-state index in [1.807, 2.05) is 25.5 Å². The second-order valence-electron chi connectivity index (χ2n) is 8.34. The van der Waals surface area contributed by atoms with Gasteiger partial charge in [0.05, 0.1) is 18.2 Å². The first-order valence-electron chi connectivity index (χ1n) is 11.2. The summed E-state index contributed by atoms with van der Waals surface area (Å²) in [6.45, 7) is 4.38. The Hall–Kier alpha value is -3.19. The molecule has 1 fully saturated rings. The van der Waals surface area contributed by atoms with Crippen molar-refractivity contribution in [3.63, 3.8) is 0 Å². The van der Waals surface area contributed by atoms with Crippen molar-refractivity contribution in [2.75, 3.05) is 6.61 Å². The fraction of sp³-hybridized carbons (Fsp3) is 0.400. The number of carbonyl (C=O) groups excluding carboxylic acids is 1. The van der Waals surface area contributed by atoms with Gasteiger partial charge in [-0.1, -0.05) is 13.3 Å². The normalized spacial score (nSPS) is 14.2. The summed E-state index contributed by atoms with van der Waals surface area (Å²) in [6.07, 6.45) is 11.4. The van der Waals surface area contributed by atoms with Crippen molar-refractivity contribution in [3.8, 4) is 17.0 Å². The number of hydrogen-bond donors (Lipinski definition) is 3. The van der Waals surface area contributed by atoms with Crippen LogP contribution in [-0.2, 0) is 6.61 Å². The van der Waals surface area contributed by atoms with E-state index in [-0.39, 0.29) is 18.6 Å². The number of hydrogen-bond acceptors (Lipinski definition) is 5. The Balaban J connectivity index is 1.42. The van der Waals surface area contributed by atoms with Gasteiger partial charge in [-0.15, -0.1) is 0 Å². The van der Waals surface area contributed by atoms with Crippen LogP contribution >= 0.6 is 0 Å². The van der Waals surface area contributed by atoms with E-state index in [0.29, 0.717) is 24.0 Å². The summed E-state index contributed by atoms with van der Waals surface area (Å²) in [5.74, 6) is 0.810. The summed E-state index contributed by atoms with van der Waals surface area (Å²) >= 11 is 0. The maximum atomic E-state index is 12.4. The van der Waals surface area contributed by atoms with Crippen LogP contribution in [0.1, 0.15) is 65.7 Å². The number of aromatic nitrogens is 3. The van der Waals surface area contributed by atoms with Gasteiger partial charge >= 0.3 is 0 Å². The van der Waals surface area contributed by atoms with Crippen LogP contribution in [0.5, 0.6) is 5.88 Å². The summed E-state index contributed by atoms with van der Waals surface area (Å²) in [4.78, 5) is 24.3. The first-order valence-corrected chi connectivity index (χ1v) is 11.2. The van der Waals surface area contributed by atoms with E-state index in [1.165, 1.54) is 30.2 Å². The molecule has 4 rings (SSSR count). The van der Waals surface area contributed by atoms with Crippen LogP contribution in [0.4, 0.5) is 0 Å². The number of amides is 1. The molecule has 1 amide bonds. The third kappa shape index (κ3) is 4.99. The monoisotopic (exact) mass is 434 g/mol. The van der Waals surface area contributed by atoms with Crippen LogP contribution < -0.4 is 10.1 Å². The van der Waals surface area contributed by atoms with Crippen LogP contribution in [0.2, 0.25) is 0 Å². The Morgan fingerprint density at radius 2 is 2.09 bits per heavy atom. The Morgan fingerprint density at radius 3 is 2.78 bits per heavy atom. The average molecular weight is 435 g/mol. The Morgan fingerprint density at radius 1 is 1.25 bits per heavy atom. The first kappa shape index (κ1) is 22.0. The quantitative estimate of drug-likeness (QED) is 0.446. The average Bonchev–Trinajstić information content (AvgIpc) is 3.53. The number of aromatic amines is 1. The Bertz CT molecular complexity index is 1060. The largest absolute Gasteiger partial charge is 0.473 e. The van der Waals surface area contributed by atoms with Gasteiger partial charge in [-0.25, -0.2) is 4.98 Å². The summed E-state index contributed by atoms with van der Waals surface area (Å²) < 4.78 is 5.92. The molecule has 3 aromatic rings. The predicted octanol–water partition coefficient (Wildman–Crippen LogP) is 4.13. The van der Waals surface area contributed by atoms with Gasteiger partial charge in [0.1, 0.15) is 6.61 Å². The molecule has 0 spiro atoms. The number of aryl methyl sites for hydroxylation is 1. The Kier molecular flexibility index (Phi) is 6.85. The molecular weight excluding hydrogens is 404 g/mol. The fourth-order valence-corrected chi connectivity index (χ4v) is 4.04. The minimum Gasteiger partial charge on any atom is -0.473 e. The van der Waals surface area contributed by atoms with Gasteiger partial charge in [-0.3, -0.25) is 9.78 Å². The molecule has 1 aliphatic carbocycles. The number of nitrogens with one attached hydrogen (secondary N) is 2. The van der Waals surface area contributed by atoms with Crippen LogP contribution in [0.15, 0.2) is 43.0 Å². The van der Waals surface area contributed by atoms with Gasteiger partial charge in [0.2, 0.25) is 5.88 Å². The molecule has 1 saturated carbocycles. The smallest absolute Gasteiger partial charge is 0.253 e. The van der Waals surface area contributed by atoms with Crippen molar-refractivity contribution in [2.45, 2.75) is 58.1 Å². The number of aliphatic hydroxyl groups excluding tert-OH is 1. The summed E-state index contributed by atoms with van der Waals surface area (Å²) in [5.41, 5.74) is 6.26. The molecule has 32 heavy (non-hydrogen) atoms. The van der Waals surface area contributed by atoms with Gasteiger partial charge in [0.25, 0.3) is 5.91 Å². The number of aliphatic hydroxyl groups is 1. The van der Waals surface area contributed by atoms with E-state index in [2.05, 4.69) is 33.3 Å². The summed E-state index contributed by atoms with van der Waals surface area (Å²) in [7, 11) is 0. The predicted molar refractivity (Wildman–Crippen MR) is 123 cm³/mol. The van der Waals surface area contributed by atoms with E-state index in [1.54, 1.807) is 12.1 Å². The lowest BCUT2D eigenvalue weighted by molar-refractivity contribution is 0.0912. The van der Waals surface area contributed by atoms with E-state index in [4.69, 9.17) is 4.74 Å². The van der Waals surface area contributed by atoms with E-state index in [0.717, 1.165) is 29.7 Å². The van der Waals surface area contributed by atoms with Crippen molar-refractivity contribution in [3.05, 3.63) is 65.4 Å². The molecule has 168 valence electrons. The molecule has 0 saturated heterocycles. The highest BCUT2D eigenvalue weighted by molar-refractivity contribution is 5.94. The SMILES string of the molecule is CCC[C@@H](CO)NC(=O)c1ccc(OCc2c[nH]cc2-c2ccnc(C)c2C2CC2)nc1. The molecule has 1 aliphatic rings. The van der Waals surface area contributed by atoms with Gasteiger partial charge in [-0.05, 0) is 55.4 Å². The topological polar surface area (TPSA) is 100 Å². The zero-order valence-electron chi connectivity index (χ0n) is 18.6. The van der Waals surface area contributed by atoms with Crippen LogP contribution in [-0.4, -0.2) is 38.6 Å². The van der Waals surface area contributed by atoms with Gasteiger partial charge in [-0.2, -0.15) is 0 Å². The molecule has 3 N–H and O–H groups in total. The lowest BCUT2D eigenvalue weighted by Crippen LogP contribution is -2.37.